The number of halogens is 1. The van der Waals surface area contributed by atoms with Gasteiger partial charge in [-0.1, -0.05) is 39.3 Å². The van der Waals surface area contributed by atoms with Crippen LogP contribution in [0.2, 0.25) is 0 Å². The van der Waals surface area contributed by atoms with Crippen LogP contribution in [0.4, 0.5) is 0 Å². The molecule has 0 heterocycles. The van der Waals surface area contributed by atoms with Crippen molar-refractivity contribution in [1.29, 1.82) is 0 Å². The number of aliphatic hydroxyl groups excluding tert-OH is 1. The van der Waals surface area contributed by atoms with Gasteiger partial charge < -0.3 is 14.9 Å². The molecule has 0 bridgehead atoms. The summed E-state index contributed by atoms with van der Waals surface area (Å²) in [6.45, 7) is 6.87. The molecule has 4 rings (SSSR count). The van der Waals surface area contributed by atoms with Gasteiger partial charge in [0, 0.05) is 17.3 Å². The molecule has 4 aliphatic rings. The maximum Gasteiger partial charge on any atom is 0.305 e. The second-order valence-electron chi connectivity index (χ2n) is 10.6. The normalized spacial score (nSPS) is 47.2. The van der Waals surface area contributed by atoms with Gasteiger partial charge >= 0.3 is 5.97 Å². The zero-order valence-corrected chi connectivity index (χ0v) is 19.9. The van der Waals surface area contributed by atoms with Crippen molar-refractivity contribution < 1.29 is 29.3 Å². The van der Waals surface area contributed by atoms with Gasteiger partial charge in [0.1, 0.15) is 5.60 Å². The number of carbonyl (C=O) groups is 3. The molecule has 6 nitrogen and oxygen atoms in total. The minimum absolute atomic E-state index is 0.0672. The Bertz CT molecular complexity index is 925. The third kappa shape index (κ3) is 2.82. The van der Waals surface area contributed by atoms with E-state index in [-0.39, 0.29) is 36.4 Å². The second-order valence-corrected chi connectivity index (χ2v) is 11.2. The number of Topliss-reactive ketones (excluding diaryl/α,β-unsaturated/α-hetero) is 1. The van der Waals surface area contributed by atoms with E-state index in [9.17, 15) is 24.6 Å². The van der Waals surface area contributed by atoms with Crippen LogP contribution >= 0.6 is 11.6 Å². The van der Waals surface area contributed by atoms with Gasteiger partial charge in [0.15, 0.2) is 12.4 Å². The van der Waals surface area contributed by atoms with E-state index in [4.69, 9.17) is 16.3 Å². The highest BCUT2D eigenvalue weighted by molar-refractivity contribution is 6.26. The van der Waals surface area contributed by atoms with Crippen LogP contribution in [0.5, 0.6) is 0 Å². The van der Waals surface area contributed by atoms with Crippen molar-refractivity contribution in [3.05, 3.63) is 23.8 Å². The molecule has 8 atom stereocenters. The molecule has 3 saturated carbocycles. The van der Waals surface area contributed by atoms with Gasteiger partial charge in [-0.05, 0) is 55.6 Å². The molecular weight excluding hydrogens is 432 g/mol. The molecule has 176 valence electrons. The molecule has 0 aromatic rings. The highest BCUT2D eigenvalue weighted by Gasteiger charge is 2.74. The zero-order chi connectivity index (χ0) is 23.7. The predicted molar refractivity (Wildman–Crippen MR) is 119 cm³/mol. The molecule has 0 aliphatic heterocycles. The van der Waals surface area contributed by atoms with Gasteiger partial charge in [0.05, 0.1) is 11.0 Å². The number of carbonyl (C=O) groups excluding carboxylic acids is 3. The molecule has 2 N–H and O–H groups in total. The van der Waals surface area contributed by atoms with Crippen LogP contribution < -0.4 is 0 Å². The maximum absolute atomic E-state index is 13.2. The highest BCUT2D eigenvalue weighted by atomic mass is 35.5. The van der Waals surface area contributed by atoms with Crippen LogP contribution in [0.1, 0.15) is 59.8 Å². The monoisotopic (exact) mass is 464 g/mol. The smallest absolute Gasteiger partial charge is 0.305 e. The summed E-state index contributed by atoms with van der Waals surface area (Å²) in [6.07, 6.45) is 6.24. The average Bonchev–Trinajstić information content (AvgIpc) is 2.94. The van der Waals surface area contributed by atoms with E-state index in [0.717, 1.165) is 5.57 Å². The van der Waals surface area contributed by atoms with E-state index < -0.39 is 45.8 Å². The quantitative estimate of drug-likeness (QED) is 0.489. The average molecular weight is 465 g/mol. The van der Waals surface area contributed by atoms with Crippen LogP contribution in [-0.2, 0) is 19.1 Å². The fraction of sp³-hybridized carbons (Fsp3) is 0.720. The maximum atomic E-state index is 13.2. The number of rotatable bonds is 4. The fourth-order valence-corrected chi connectivity index (χ4v) is 8.02. The Morgan fingerprint density at radius 1 is 1.28 bits per heavy atom. The van der Waals surface area contributed by atoms with Gasteiger partial charge in [-0.15, -0.1) is 11.6 Å². The molecule has 7 heteroatoms. The SMILES string of the molecule is CCC(=O)OCC(=O)[C@@]1(O)[C@@H](C)C[C@H]2[C@@H]3CCC4=CC(=O)C=C[C@]4(C)C3(Cl)[C@@H](O)C[C@@]21C. The molecule has 0 saturated heterocycles. The van der Waals surface area contributed by atoms with E-state index in [1.807, 2.05) is 26.8 Å². The number of hydrogen-bond donors (Lipinski definition) is 2. The second kappa shape index (κ2) is 7.51. The Morgan fingerprint density at radius 3 is 2.62 bits per heavy atom. The van der Waals surface area contributed by atoms with Crippen LogP contribution in [-0.4, -0.2) is 50.9 Å². The summed E-state index contributed by atoms with van der Waals surface area (Å²) < 4.78 is 5.07. The van der Waals surface area contributed by atoms with Gasteiger partial charge in [0.2, 0.25) is 5.78 Å². The number of aliphatic hydroxyl groups is 2. The first-order valence-electron chi connectivity index (χ1n) is 11.6. The number of ether oxygens (including phenoxy) is 1. The number of esters is 1. The van der Waals surface area contributed by atoms with Crippen molar-refractivity contribution in [3.63, 3.8) is 0 Å². The lowest BCUT2D eigenvalue weighted by Gasteiger charge is -2.63. The lowest BCUT2D eigenvalue weighted by atomic mass is 9.45. The minimum Gasteiger partial charge on any atom is -0.458 e. The van der Waals surface area contributed by atoms with Crippen LogP contribution in [0.15, 0.2) is 23.8 Å². The van der Waals surface area contributed by atoms with E-state index in [1.54, 1.807) is 13.0 Å². The van der Waals surface area contributed by atoms with E-state index in [2.05, 4.69) is 0 Å². The topological polar surface area (TPSA) is 101 Å². The molecule has 3 fully saturated rings. The number of fused-ring (bicyclic) bond motifs is 5. The Morgan fingerprint density at radius 2 is 1.97 bits per heavy atom. The van der Waals surface area contributed by atoms with Crippen molar-refractivity contribution in [1.82, 2.24) is 0 Å². The molecule has 0 aromatic carbocycles. The summed E-state index contributed by atoms with van der Waals surface area (Å²) in [6, 6.07) is 0. The molecule has 32 heavy (non-hydrogen) atoms. The van der Waals surface area contributed by atoms with E-state index >= 15 is 0 Å². The van der Waals surface area contributed by atoms with Crippen LogP contribution in [0.25, 0.3) is 0 Å². The lowest BCUT2D eigenvalue weighted by molar-refractivity contribution is -0.182. The first-order chi connectivity index (χ1) is 14.9. The molecule has 0 aromatic heterocycles. The number of alkyl halides is 1. The van der Waals surface area contributed by atoms with Gasteiger partial charge in [0.25, 0.3) is 0 Å². The Labute approximate surface area is 194 Å². The third-order valence-electron chi connectivity index (χ3n) is 9.30. The summed E-state index contributed by atoms with van der Waals surface area (Å²) >= 11 is 7.37. The Balaban J connectivity index is 1.73. The summed E-state index contributed by atoms with van der Waals surface area (Å²) in [5.74, 6) is -1.70. The van der Waals surface area contributed by atoms with E-state index in [0.29, 0.717) is 19.3 Å². The number of allylic oxidation sites excluding steroid dienone is 4. The Kier molecular flexibility index (Phi) is 5.55. The van der Waals surface area contributed by atoms with Gasteiger partial charge in [-0.2, -0.15) is 0 Å². The molecule has 0 amide bonds. The molecule has 1 unspecified atom stereocenters. The highest BCUT2D eigenvalue weighted by Crippen LogP contribution is 2.71. The molecular formula is C25H33ClO6. The van der Waals surface area contributed by atoms with E-state index in [1.165, 1.54) is 6.08 Å². The third-order valence-corrected chi connectivity index (χ3v) is 10.2. The first-order valence-corrected chi connectivity index (χ1v) is 12.0. The van der Waals surface area contributed by atoms with Crippen LogP contribution in [0.3, 0.4) is 0 Å². The van der Waals surface area contributed by atoms with Crippen molar-refractivity contribution >= 4 is 29.1 Å². The predicted octanol–water partition coefficient (Wildman–Crippen LogP) is 3.13. The molecule has 0 spiro atoms. The van der Waals surface area contributed by atoms with Crippen molar-refractivity contribution in [2.75, 3.05) is 6.61 Å². The largest absolute Gasteiger partial charge is 0.458 e. The minimum atomic E-state index is -1.72. The summed E-state index contributed by atoms with van der Waals surface area (Å²) in [5.41, 5.74) is -2.38. The number of ketones is 2. The van der Waals surface area contributed by atoms with Crippen molar-refractivity contribution in [3.8, 4) is 0 Å². The first kappa shape index (κ1) is 23.7. The van der Waals surface area contributed by atoms with Crippen molar-refractivity contribution in [2.24, 2.45) is 28.6 Å². The lowest BCUT2D eigenvalue weighted by Crippen LogP contribution is -2.69. The van der Waals surface area contributed by atoms with Gasteiger partial charge in [-0.25, -0.2) is 0 Å². The Hall–Kier alpha value is -1.50. The summed E-state index contributed by atoms with van der Waals surface area (Å²) in [7, 11) is 0. The molecule has 4 aliphatic carbocycles. The standard InChI is InChI=1S/C25H33ClO6/c1-5-21(30)32-13-20(29)25(31)14(2)10-18-17-7-6-15-11-16(27)8-9-22(15,3)24(17,26)19(28)12-23(18,25)4/h8-9,11,14,17-19,28,31H,5-7,10,12-13H2,1-4H3/t14-,17-,18-,19-,22-,23-,24?,25-/m0/s1. The summed E-state index contributed by atoms with van der Waals surface area (Å²) in [5, 5.41) is 23.3. The number of hydrogen-bond acceptors (Lipinski definition) is 6. The van der Waals surface area contributed by atoms with Crippen LogP contribution in [0, 0.1) is 28.6 Å². The molecule has 0 radical (unpaired) electrons. The van der Waals surface area contributed by atoms with Gasteiger partial charge in [-0.3, -0.25) is 14.4 Å². The fourth-order valence-electron chi connectivity index (χ4n) is 7.50. The zero-order valence-electron chi connectivity index (χ0n) is 19.2. The summed E-state index contributed by atoms with van der Waals surface area (Å²) in [4.78, 5) is 35.8. The van der Waals surface area contributed by atoms with Crippen molar-refractivity contribution in [2.45, 2.75) is 76.4 Å².